The van der Waals surface area contributed by atoms with Crippen LogP contribution in [0.1, 0.15) is 50.4 Å². The Labute approximate surface area is 102 Å². The Morgan fingerprint density at radius 1 is 1.65 bits per heavy atom. The molecule has 1 heterocycles. The Bertz CT molecular complexity index is 409. The number of aryl methyl sites for hydroxylation is 1. The van der Waals surface area contributed by atoms with Crippen molar-refractivity contribution in [3.63, 3.8) is 0 Å². The van der Waals surface area contributed by atoms with Crippen molar-refractivity contribution < 1.29 is 4.79 Å². The van der Waals surface area contributed by atoms with Crippen LogP contribution in [0.15, 0.2) is 6.20 Å². The van der Waals surface area contributed by atoms with Crippen LogP contribution >= 0.6 is 0 Å². The van der Waals surface area contributed by atoms with Crippen molar-refractivity contribution in [2.45, 2.75) is 45.6 Å². The van der Waals surface area contributed by atoms with Crippen molar-refractivity contribution in [2.75, 3.05) is 0 Å². The second-order valence-corrected chi connectivity index (χ2v) is 5.28. The number of nitrogens with zero attached hydrogens (tertiary/aromatic N) is 2. The van der Waals surface area contributed by atoms with Gasteiger partial charge >= 0.3 is 0 Å². The number of hydrogen-bond donors (Lipinski definition) is 1. The Morgan fingerprint density at radius 3 is 3.12 bits per heavy atom. The summed E-state index contributed by atoms with van der Waals surface area (Å²) in [5.41, 5.74) is 2.47. The van der Waals surface area contributed by atoms with Crippen LogP contribution in [0.5, 0.6) is 0 Å². The smallest absolute Gasteiger partial charge is 0.220 e. The topological polar surface area (TPSA) is 46.9 Å². The number of carbonyl (C=O) groups is 1. The lowest BCUT2D eigenvalue weighted by Gasteiger charge is -2.24. The van der Waals surface area contributed by atoms with Gasteiger partial charge in [-0.1, -0.05) is 13.8 Å². The molecule has 1 aromatic heterocycles. The third-order valence-corrected chi connectivity index (χ3v) is 3.30. The van der Waals surface area contributed by atoms with Gasteiger partial charge in [0.05, 0.1) is 12.2 Å². The summed E-state index contributed by atoms with van der Waals surface area (Å²) in [4.78, 5) is 11.8. The van der Waals surface area contributed by atoms with Gasteiger partial charge in [0, 0.05) is 24.7 Å². The van der Waals surface area contributed by atoms with Crippen LogP contribution in [-0.2, 0) is 18.3 Å². The molecule has 0 radical (unpaired) electrons. The van der Waals surface area contributed by atoms with E-state index in [9.17, 15) is 4.79 Å². The van der Waals surface area contributed by atoms with Gasteiger partial charge in [-0.05, 0) is 25.2 Å². The molecule has 0 bridgehead atoms. The summed E-state index contributed by atoms with van der Waals surface area (Å²) < 4.78 is 1.93. The quantitative estimate of drug-likeness (QED) is 0.870. The van der Waals surface area contributed by atoms with Crippen LogP contribution in [0.3, 0.4) is 0 Å². The summed E-state index contributed by atoms with van der Waals surface area (Å²) in [6.45, 7) is 4.13. The molecule has 17 heavy (non-hydrogen) atoms. The van der Waals surface area contributed by atoms with Crippen molar-refractivity contribution in [3.8, 4) is 0 Å². The van der Waals surface area contributed by atoms with Gasteiger partial charge in [-0.25, -0.2) is 0 Å². The van der Waals surface area contributed by atoms with E-state index in [1.54, 1.807) is 0 Å². The summed E-state index contributed by atoms with van der Waals surface area (Å²) in [5.74, 6) is 0.564. The molecule has 1 aliphatic carbocycles. The molecular weight excluding hydrogens is 214 g/mol. The Kier molecular flexibility index (Phi) is 3.50. The molecule has 1 N–H and O–H groups in total. The maximum Gasteiger partial charge on any atom is 0.220 e. The predicted molar refractivity (Wildman–Crippen MR) is 66.5 cm³/mol. The SMILES string of the molecule is CC(C)CC(=O)NC1CCCc2c1cnn2C. The van der Waals surface area contributed by atoms with Gasteiger partial charge in [-0.2, -0.15) is 5.10 Å². The van der Waals surface area contributed by atoms with Crippen molar-refractivity contribution in [3.05, 3.63) is 17.5 Å². The first-order chi connectivity index (χ1) is 8.08. The molecule has 0 saturated carbocycles. The van der Waals surface area contributed by atoms with Crippen LogP contribution < -0.4 is 5.32 Å². The van der Waals surface area contributed by atoms with Crippen LogP contribution in [0.2, 0.25) is 0 Å². The van der Waals surface area contributed by atoms with Gasteiger partial charge in [0.25, 0.3) is 0 Å². The first-order valence-corrected chi connectivity index (χ1v) is 6.38. The third kappa shape index (κ3) is 2.68. The molecule has 94 valence electrons. The lowest BCUT2D eigenvalue weighted by molar-refractivity contribution is -0.122. The Hall–Kier alpha value is -1.32. The lowest BCUT2D eigenvalue weighted by Crippen LogP contribution is -2.31. The first kappa shape index (κ1) is 12.1. The number of aromatic nitrogens is 2. The van der Waals surface area contributed by atoms with E-state index in [1.165, 1.54) is 11.3 Å². The molecule has 1 atom stereocenters. The average molecular weight is 235 g/mol. The molecule has 0 aliphatic heterocycles. The molecule has 0 spiro atoms. The van der Waals surface area contributed by atoms with E-state index in [4.69, 9.17) is 0 Å². The summed E-state index contributed by atoms with van der Waals surface area (Å²) in [7, 11) is 1.97. The van der Waals surface area contributed by atoms with Gasteiger partial charge in [0.2, 0.25) is 5.91 Å². The molecule has 0 fully saturated rings. The van der Waals surface area contributed by atoms with Crippen LogP contribution in [0.25, 0.3) is 0 Å². The Morgan fingerprint density at radius 2 is 2.41 bits per heavy atom. The molecule has 4 heteroatoms. The van der Waals surface area contributed by atoms with E-state index >= 15 is 0 Å². The molecule has 1 aliphatic rings. The highest BCUT2D eigenvalue weighted by molar-refractivity contribution is 5.76. The summed E-state index contributed by atoms with van der Waals surface area (Å²) in [6.07, 6.45) is 5.73. The van der Waals surface area contributed by atoms with Crippen molar-refractivity contribution in [1.82, 2.24) is 15.1 Å². The minimum Gasteiger partial charge on any atom is -0.349 e. The fourth-order valence-electron chi connectivity index (χ4n) is 2.48. The van der Waals surface area contributed by atoms with Crippen LogP contribution in [-0.4, -0.2) is 15.7 Å². The van der Waals surface area contributed by atoms with E-state index in [0.29, 0.717) is 12.3 Å². The van der Waals surface area contributed by atoms with Crippen molar-refractivity contribution in [1.29, 1.82) is 0 Å². The van der Waals surface area contributed by atoms with E-state index in [1.807, 2.05) is 17.9 Å². The normalized spacial score (nSPS) is 19.2. The summed E-state index contributed by atoms with van der Waals surface area (Å²) >= 11 is 0. The average Bonchev–Trinajstić information content (AvgIpc) is 2.61. The number of amides is 1. The first-order valence-electron chi connectivity index (χ1n) is 6.38. The maximum absolute atomic E-state index is 11.8. The van der Waals surface area contributed by atoms with Crippen molar-refractivity contribution >= 4 is 5.91 Å². The maximum atomic E-state index is 11.8. The number of nitrogens with one attached hydrogen (secondary N) is 1. The van der Waals surface area contributed by atoms with Crippen LogP contribution in [0.4, 0.5) is 0 Å². The fourth-order valence-corrected chi connectivity index (χ4v) is 2.48. The van der Waals surface area contributed by atoms with E-state index in [0.717, 1.165) is 19.3 Å². The predicted octanol–water partition coefficient (Wildman–Crippen LogP) is 1.96. The lowest BCUT2D eigenvalue weighted by atomic mass is 9.92. The minimum atomic E-state index is 0.154. The van der Waals surface area contributed by atoms with E-state index < -0.39 is 0 Å². The zero-order chi connectivity index (χ0) is 12.4. The zero-order valence-corrected chi connectivity index (χ0v) is 10.9. The van der Waals surface area contributed by atoms with Gasteiger partial charge in [0.1, 0.15) is 0 Å². The number of rotatable bonds is 3. The van der Waals surface area contributed by atoms with Crippen molar-refractivity contribution in [2.24, 2.45) is 13.0 Å². The number of hydrogen-bond acceptors (Lipinski definition) is 2. The standard InChI is InChI=1S/C13H21N3O/c1-9(2)7-13(17)15-11-5-4-6-12-10(11)8-14-16(12)3/h8-9,11H,4-7H2,1-3H3,(H,15,17). The van der Waals surface area contributed by atoms with E-state index in [2.05, 4.69) is 24.3 Å². The van der Waals surface area contributed by atoms with Gasteiger partial charge in [-0.3, -0.25) is 9.48 Å². The number of carbonyl (C=O) groups excluding carboxylic acids is 1. The Balaban J connectivity index is 2.06. The largest absolute Gasteiger partial charge is 0.349 e. The van der Waals surface area contributed by atoms with Crippen LogP contribution in [0, 0.1) is 5.92 Å². The van der Waals surface area contributed by atoms with Gasteiger partial charge in [-0.15, -0.1) is 0 Å². The second kappa shape index (κ2) is 4.90. The van der Waals surface area contributed by atoms with Gasteiger partial charge < -0.3 is 5.32 Å². The fraction of sp³-hybridized carbons (Fsp3) is 0.692. The highest BCUT2D eigenvalue weighted by atomic mass is 16.1. The molecule has 1 aromatic rings. The molecule has 0 saturated heterocycles. The third-order valence-electron chi connectivity index (χ3n) is 3.30. The molecule has 1 unspecified atom stereocenters. The monoisotopic (exact) mass is 235 g/mol. The second-order valence-electron chi connectivity index (χ2n) is 5.28. The minimum absolute atomic E-state index is 0.154. The summed E-state index contributed by atoms with van der Waals surface area (Å²) in [6, 6.07) is 0.165. The van der Waals surface area contributed by atoms with E-state index in [-0.39, 0.29) is 11.9 Å². The molecule has 2 rings (SSSR count). The van der Waals surface area contributed by atoms with Gasteiger partial charge in [0.15, 0.2) is 0 Å². The highest BCUT2D eigenvalue weighted by Crippen LogP contribution is 2.29. The molecule has 1 amide bonds. The summed E-state index contributed by atoms with van der Waals surface area (Å²) in [5, 5.41) is 7.41. The molecular formula is C13H21N3O. The number of fused-ring (bicyclic) bond motifs is 1. The highest BCUT2D eigenvalue weighted by Gasteiger charge is 2.24. The molecule has 0 aromatic carbocycles. The zero-order valence-electron chi connectivity index (χ0n) is 10.9. The molecule has 4 nitrogen and oxygen atoms in total.